The molecule has 1 aromatic rings. The number of aliphatic hydroxyl groups is 1. The Bertz CT molecular complexity index is 439. The van der Waals surface area contributed by atoms with E-state index in [0.717, 1.165) is 6.07 Å². The lowest BCUT2D eigenvalue weighted by molar-refractivity contribution is 0.165. The van der Waals surface area contributed by atoms with Gasteiger partial charge in [-0.25, -0.2) is 9.24 Å². The molecule has 78 valence electrons. The van der Waals surface area contributed by atoms with Crippen molar-refractivity contribution in [1.29, 1.82) is 0 Å². The minimum atomic E-state index is -0.696. The first-order chi connectivity index (χ1) is 7.27. The van der Waals surface area contributed by atoms with Crippen molar-refractivity contribution in [2.24, 2.45) is 0 Å². The van der Waals surface area contributed by atoms with Crippen molar-refractivity contribution in [3.8, 4) is 11.5 Å². The second-order valence-electron chi connectivity index (χ2n) is 2.99. The third-order valence-corrected chi connectivity index (χ3v) is 2.10. The monoisotopic (exact) mass is 209 g/mol. The molecule has 2 rings (SSSR count). The average molecular weight is 209 g/mol. The topological polar surface area (TPSA) is 43.0 Å². The van der Waals surface area contributed by atoms with Crippen molar-refractivity contribution in [3.05, 3.63) is 28.9 Å². The first-order valence-electron chi connectivity index (χ1n) is 4.37. The van der Waals surface area contributed by atoms with E-state index in [4.69, 9.17) is 21.2 Å². The van der Waals surface area contributed by atoms with Gasteiger partial charge in [-0.05, 0) is 6.07 Å². The van der Waals surface area contributed by atoms with Gasteiger partial charge in [0.05, 0.1) is 13.2 Å². The standard InChI is InChI=1S/C10H8FNO3/c1-12-8-7(11)4-6(5-13)9-10(8)15-3-2-14-9/h4,13H,2-3,5H2. The zero-order chi connectivity index (χ0) is 10.8. The van der Waals surface area contributed by atoms with Gasteiger partial charge in [-0.3, -0.25) is 0 Å². The van der Waals surface area contributed by atoms with Crippen LogP contribution in [-0.2, 0) is 6.61 Å². The van der Waals surface area contributed by atoms with E-state index >= 15 is 0 Å². The van der Waals surface area contributed by atoms with Gasteiger partial charge in [0.15, 0.2) is 11.5 Å². The molecule has 1 N–H and O–H groups in total. The van der Waals surface area contributed by atoms with Gasteiger partial charge in [-0.1, -0.05) is 0 Å². The van der Waals surface area contributed by atoms with Crippen molar-refractivity contribution in [1.82, 2.24) is 0 Å². The number of rotatable bonds is 1. The number of hydrogen-bond donors (Lipinski definition) is 1. The van der Waals surface area contributed by atoms with Gasteiger partial charge in [-0.2, -0.15) is 0 Å². The molecule has 5 heteroatoms. The predicted molar refractivity (Wildman–Crippen MR) is 49.6 cm³/mol. The summed E-state index contributed by atoms with van der Waals surface area (Å²) < 4.78 is 23.8. The summed E-state index contributed by atoms with van der Waals surface area (Å²) in [5.74, 6) is -0.324. The van der Waals surface area contributed by atoms with Gasteiger partial charge >= 0.3 is 0 Å². The van der Waals surface area contributed by atoms with E-state index in [1.807, 2.05) is 0 Å². The van der Waals surface area contributed by atoms with Crippen LogP contribution in [0, 0.1) is 12.4 Å². The Morgan fingerprint density at radius 2 is 2.07 bits per heavy atom. The normalized spacial score (nSPS) is 13.4. The fourth-order valence-electron chi connectivity index (χ4n) is 1.45. The number of nitrogens with zero attached hydrogens (tertiary/aromatic N) is 1. The summed E-state index contributed by atoms with van der Waals surface area (Å²) >= 11 is 0. The Morgan fingerprint density at radius 3 is 2.67 bits per heavy atom. The van der Waals surface area contributed by atoms with E-state index in [2.05, 4.69) is 4.85 Å². The summed E-state index contributed by atoms with van der Waals surface area (Å²) in [6.07, 6.45) is 0. The van der Waals surface area contributed by atoms with Gasteiger partial charge in [0.2, 0.25) is 0 Å². The SMILES string of the molecule is [C-]#[N+]c1c(F)cc(CO)c2c1OCCO2. The highest BCUT2D eigenvalue weighted by molar-refractivity contribution is 5.67. The molecule has 0 spiro atoms. The van der Waals surface area contributed by atoms with Crippen LogP contribution in [0.3, 0.4) is 0 Å². The molecule has 0 radical (unpaired) electrons. The highest BCUT2D eigenvalue weighted by Crippen LogP contribution is 2.43. The molecule has 1 aliphatic heterocycles. The molecule has 1 heterocycles. The molecule has 0 aliphatic carbocycles. The van der Waals surface area contributed by atoms with E-state index in [1.165, 1.54) is 0 Å². The van der Waals surface area contributed by atoms with Crippen LogP contribution in [0.25, 0.3) is 4.85 Å². The van der Waals surface area contributed by atoms with Crippen molar-refractivity contribution < 1.29 is 19.0 Å². The lowest BCUT2D eigenvalue weighted by Gasteiger charge is -2.22. The number of aliphatic hydroxyl groups excluding tert-OH is 1. The van der Waals surface area contributed by atoms with E-state index < -0.39 is 5.82 Å². The maximum Gasteiger partial charge on any atom is 0.266 e. The van der Waals surface area contributed by atoms with Crippen molar-refractivity contribution >= 4 is 5.69 Å². The van der Waals surface area contributed by atoms with Gasteiger partial charge < -0.3 is 14.6 Å². The summed E-state index contributed by atoms with van der Waals surface area (Å²) in [7, 11) is 0. The van der Waals surface area contributed by atoms with E-state index in [9.17, 15) is 4.39 Å². The second-order valence-corrected chi connectivity index (χ2v) is 2.99. The Morgan fingerprint density at radius 1 is 1.40 bits per heavy atom. The molecule has 0 saturated carbocycles. The van der Waals surface area contributed by atoms with Crippen molar-refractivity contribution in [2.75, 3.05) is 13.2 Å². The van der Waals surface area contributed by atoms with Crippen LogP contribution < -0.4 is 9.47 Å². The maximum absolute atomic E-state index is 13.4. The zero-order valence-electron chi connectivity index (χ0n) is 7.79. The lowest BCUT2D eigenvalue weighted by Crippen LogP contribution is -2.17. The lowest BCUT2D eigenvalue weighted by atomic mass is 10.1. The summed E-state index contributed by atoms with van der Waals surface area (Å²) in [6, 6.07) is 1.10. The Hall–Kier alpha value is -1.80. The van der Waals surface area contributed by atoms with E-state index in [0.29, 0.717) is 12.2 Å². The van der Waals surface area contributed by atoms with Crippen molar-refractivity contribution in [2.45, 2.75) is 6.61 Å². The summed E-state index contributed by atoms with van der Waals surface area (Å²) in [5, 5.41) is 9.00. The fraction of sp³-hybridized carbons (Fsp3) is 0.300. The number of ether oxygens (including phenoxy) is 2. The van der Waals surface area contributed by atoms with Crippen LogP contribution in [0.5, 0.6) is 11.5 Å². The number of fused-ring (bicyclic) bond motifs is 1. The van der Waals surface area contributed by atoms with Crippen LogP contribution in [-0.4, -0.2) is 18.3 Å². The molecular weight excluding hydrogens is 201 g/mol. The summed E-state index contributed by atoms with van der Waals surface area (Å²) in [6.45, 7) is 7.11. The summed E-state index contributed by atoms with van der Waals surface area (Å²) in [4.78, 5) is 3.05. The van der Waals surface area contributed by atoms with E-state index in [1.54, 1.807) is 0 Å². The summed E-state index contributed by atoms with van der Waals surface area (Å²) in [5.41, 5.74) is 0.108. The third kappa shape index (κ3) is 1.49. The molecule has 0 aromatic heterocycles. The average Bonchev–Trinajstić information content (AvgIpc) is 2.28. The van der Waals surface area contributed by atoms with Crippen LogP contribution in [0.1, 0.15) is 5.56 Å². The molecule has 0 fully saturated rings. The highest BCUT2D eigenvalue weighted by atomic mass is 19.1. The molecule has 0 saturated heterocycles. The van der Waals surface area contributed by atoms with Gasteiger partial charge in [0, 0.05) is 5.56 Å². The fourth-order valence-corrected chi connectivity index (χ4v) is 1.45. The van der Waals surface area contributed by atoms with Crippen LogP contribution in [0.15, 0.2) is 6.07 Å². The predicted octanol–water partition coefficient (Wildman–Crippen LogP) is 1.64. The Balaban J connectivity index is 2.66. The molecule has 0 amide bonds. The third-order valence-electron chi connectivity index (χ3n) is 2.10. The largest absolute Gasteiger partial charge is 0.497 e. The van der Waals surface area contributed by atoms with Crippen LogP contribution >= 0.6 is 0 Å². The number of halogens is 1. The molecular formula is C10H8FNO3. The van der Waals surface area contributed by atoms with Gasteiger partial charge in [0.1, 0.15) is 19.0 Å². The Kier molecular flexibility index (Phi) is 2.44. The molecule has 1 aliphatic rings. The zero-order valence-corrected chi connectivity index (χ0v) is 7.79. The molecule has 0 unspecified atom stereocenters. The smallest absolute Gasteiger partial charge is 0.266 e. The molecule has 1 aromatic carbocycles. The van der Waals surface area contributed by atoms with Gasteiger partial charge in [0.25, 0.3) is 5.69 Å². The molecule has 15 heavy (non-hydrogen) atoms. The van der Waals surface area contributed by atoms with Crippen molar-refractivity contribution in [3.63, 3.8) is 0 Å². The van der Waals surface area contributed by atoms with E-state index in [-0.39, 0.29) is 30.4 Å². The first kappa shape index (κ1) is 9.74. The molecule has 0 bridgehead atoms. The molecule has 0 atom stereocenters. The first-order valence-corrected chi connectivity index (χ1v) is 4.37. The van der Waals surface area contributed by atoms with Crippen LogP contribution in [0.4, 0.5) is 10.1 Å². The van der Waals surface area contributed by atoms with Gasteiger partial charge in [-0.15, -0.1) is 0 Å². The minimum Gasteiger partial charge on any atom is -0.497 e. The quantitative estimate of drug-likeness (QED) is 0.715. The van der Waals surface area contributed by atoms with Crippen LogP contribution in [0.2, 0.25) is 0 Å². The second kappa shape index (κ2) is 3.75. The number of benzene rings is 1. The minimum absolute atomic E-state index is 0.0975. The maximum atomic E-state index is 13.4. The number of hydrogen-bond acceptors (Lipinski definition) is 3. The molecule has 4 nitrogen and oxygen atoms in total. The Labute approximate surface area is 85.7 Å². The highest BCUT2D eigenvalue weighted by Gasteiger charge is 2.23.